The first-order chi connectivity index (χ1) is 2.81. The molecule has 0 radical (unpaired) electrons. The summed E-state index contributed by atoms with van der Waals surface area (Å²) < 4.78 is 11.9. The van der Waals surface area contributed by atoms with Gasteiger partial charge in [-0.05, 0) is 6.92 Å². The van der Waals surface area contributed by atoms with Gasteiger partial charge in [0.05, 0.1) is 0 Å². The summed E-state index contributed by atoms with van der Waals surface area (Å²) in [7, 11) is 0. The maximum absolute atomic E-state index is 11.3. The number of hydrogen-bond acceptors (Lipinski definition) is 0. The lowest BCUT2D eigenvalue weighted by Gasteiger charge is -1.79. The van der Waals surface area contributed by atoms with Crippen molar-refractivity contribution in [1.29, 1.82) is 0 Å². The van der Waals surface area contributed by atoms with E-state index in [1.165, 1.54) is 0 Å². The molecule has 36 valence electrons. The molecule has 0 aromatic rings. The van der Waals surface area contributed by atoms with Crippen molar-refractivity contribution in [1.82, 2.24) is 0 Å². The van der Waals surface area contributed by atoms with E-state index in [9.17, 15) is 4.39 Å². The molecule has 0 aromatic heterocycles. The van der Waals surface area contributed by atoms with E-state index in [-0.39, 0.29) is 0 Å². The molecular weight excluding hydrogens is 147 g/mol. The predicted octanol–water partition coefficient (Wildman–Crippen LogP) is 2.25. The van der Waals surface area contributed by atoms with Crippen LogP contribution in [0.4, 0.5) is 4.39 Å². The SMILES string of the molecule is C/C=C(/Br)CF. The van der Waals surface area contributed by atoms with Gasteiger partial charge < -0.3 is 0 Å². The van der Waals surface area contributed by atoms with Crippen LogP contribution in [-0.4, -0.2) is 6.67 Å². The van der Waals surface area contributed by atoms with E-state index in [1.54, 1.807) is 13.0 Å². The van der Waals surface area contributed by atoms with Crippen LogP contribution in [0.1, 0.15) is 6.92 Å². The summed E-state index contributed by atoms with van der Waals surface area (Å²) in [6, 6.07) is 0. The van der Waals surface area contributed by atoms with Crippen molar-refractivity contribution in [2.45, 2.75) is 6.92 Å². The van der Waals surface area contributed by atoms with Crippen LogP contribution in [0.15, 0.2) is 10.6 Å². The van der Waals surface area contributed by atoms with Crippen molar-refractivity contribution < 1.29 is 4.39 Å². The normalized spacial score (nSPS) is 12.2. The van der Waals surface area contributed by atoms with Crippen LogP contribution in [0.5, 0.6) is 0 Å². The van der Waals surface area contributed by atoms with Gasteiger partial charge in [-0.15, -0.1) is 0 Å². The highest BCUT2D eigenvalue weighted by atomic mass is 79.9. The fourth-order valence-electron chi connectivity index (χ4n) is 0.0772. The summed E-state index contributed by atoms with van der Waals surface area (Å²) in [5, 5.41) is 0. The number of alkyl halides is 1. The minimum atomic E-state index is -0.392. The molecule has 0 aromatic carbocycles. The highest BCUT2D eigenvalue weighted by molar-refractivity contribution is 9.11. The second-order valence-corrected chi connectivity index (χ2v) is 1.89. The Balaban J connectivity index is 3.22. The fourth-order valence-corrected chi connectivity index (χ4v) is 0.0772. The standard InChI is InChI=1S/C4H6BrF/c1-2-4(5)3-6/h2H,3H2,1H3/b4-2+. The second kappa shape index (κ2) is 3.34. The van der Waals surface area contributed by atoms with Gasteiger partial charge >= 0.3 is 0 Å². The zero-order chi connectivity index (χ0) is 4.99. The van der Waals surface area contributed by atoms with Gasteiger partial charge in [-0.1, -0.05) is 22.0 Å². The van der Waals surface area contributed by atoms with Crippen molar-refractivity contribution in [2.24, 2.45) is 0 Å². The molecule has 0 fully saturated rings. The first kappa shape index (κ1) is 6.15. The van der Waals surface area contributed by atoms with Gasteiger partial charge in [0.1, 0.15) is 6.67 Å². The molecule has 0 atom stereocenters. The van der Waals surface area contributed by atoms with E-state index in [0.717, 1.165) is 0 Å². The van der Waals surface area contributed by atoms with Crippen LogP contribution < -0.4 is 0 Å². The predicted molar refractivity (Wildman–Crippen MR) is 28.7 cm³/mol. The van der Waals surface area contributed by atoms with Gasteiger partial charge in [0.15, 0.2) is 0 Å². The Kier molecular flexibility index (Phi) is 3.43. The molecule has 0 saturated heterocycles. The lowest BCUT2D eigenvalue weighted by molar-refractivity contribution is 0.558. The van der Waals surface area contributed by atoms with Crippen molar-refractivity contribution >= 4 is 15.9 Å². The molecule has 0 saturated carbocycles. The monoisotopic (exact) mass is 152 g/mol. The van der Waals surface area contributed by atoms with Gasteiger partial charge in [-0.2, -0.15) is 0 Å². The second-order valence-electron chi connectivity index (χ2n) is 0.869. The Labute approximate surface area is 45.2 Å². The van der Waals surface area contributed by atoms with Gasteiger partial charge in [0.25, 0.3) is 0 Å². The molecule has 0 nitrogen and oxygen atoms in total. The third-order valence-corrected chi connectivity index (χ3v) is 1.11. The van der Waals surface area contributed by atoms with Crippen LogP contribution >= 0.6 is 15.9 Å². The highest BCUT2D eigenvalue weighted by Crippen LogP contribution is 2.02. The average molecular weight is 153 g/mol. The van der Waals surface area contributed by atoms with E-state index in [2.05, 4.69) is 15.9 Å². The van der Waals surface area contributed by atoms with Crippen LogP contribution in [-0.2, 0) is 0 Å². The largest absolute Gasteiger partial charge is 0.245 e. The summed E-state index contributed by atoms with van der Waals surface area (Å²) in [6.45, 7) is 1.39. The third-order valence-electron chi connectivity index (χ3n) is 0.441. The van der Waals surface area contributed by atoms with Gasteiger partial charge in [0.2, 0.25) is 0 Å². The minimum absolute atomic E-state index is 0.392. The first-order valence-corrected chi connectivity index (χ1v) is 2.47. The van der Waals surface area contributed by atoms with E-state index in [1.807, 2.05) is 0 Å². The molecule has 0 unspecified atom stereocenters. The molecule has 0 amide bonds. The molecule has 0 aliphatic heterocycles. The Bertz CT molecular complexity index is 58.6. The quantitative estimate of drug-likeness (QED) is 0.541. The Morgan fingerprint density at radius 3 is 2.50 bits per heavy atom. The molecule has 0 heterocycles. The summed E-state index contributed by atoms with van der Waals surface area (Å²) >= 11 is 2.96. The highest BCUT2D eigenvalue weighted by Gasteiger charge is 1.79. The molecule has 0 bridgehead atoms. The van der Waals surface area contributed by atoms with Crippen molar-refractivity contribution in [3.05, 3.63) is 10.6 Å². The number of rotatable bonds is 1. The number of hydrogen-bond donors (Lipinski definition) is 0. The maximum atomic E-state index is 11.3. The van der Waals surface area contributed by atoms with E-state index in [4.69, 9.17) is 0 Å². The Morgan fingerprint density at radius 2 is 2.50 bits per heavy atom. The Hall–Kier alpha value is 0.150. The lowest BCUT2D eigenvalue weighted by Crippen LogP contribution is -1.66. The summed E-state index contributed by atoms with van der Waals surface area (Å²) in [5.74, 6) is 0. The average Bonchev–Trinajstić information content (AvgIpc) is 1.65. The van der Waals surface area contributed by atoms with E-state index in [0.29, 0.717) is 4.48 Å². The van der Waals surface area contributed by atoms with Gasteiger partial charge in [0, 0.05) is 4.48 Å². The fraction of sp³-hybridized carbons (Fsp3) is 0.500. The van der Waals surface area contributed by atoms with E-state index >= 15 is 0 Å². The number of halogens is 2. The molecule has 6 heavy (non-hydrogen) atoms. The van der Waals surface area contributed by atoms with Crippen LogP contribution in [0.3, 0.4) is 0 Å². The summed E-state index contributed by atoms with van der Waals surface area (Å²) in [5.41, 5.74) is 0. The molecule has 2 heteroatoms. The topological polar surface area (TPSA) is 0 Å². The maximum Gasteiger partial charge on any atom is 0.121 e. The van der Waals surface area contributed by atoms with Crippen molar-refractivity contribution in [3.63, 3.8) is 0 Å². The van der Waals surface area contributed by atoms with E-state index < -0.39 is 6.67 Å². The van der Waals surface area contributed by atoms with Crippen LogP contribution in [0, 0.1) is 0 Å². The zero-order valence-electron chi connectivity index (χ0n) is 3.54. The summed E-state index contributed by atoms with van der Waals surface area (Å²) in [4.78, 5) is 0. The molecule has 0 rings (SSSR count). The first-order valence-electron chi connectivity index (χ1n) is 1.68. The zero-order valence-corrected chi connectivity index (χ0v) is 5.13. The summed E-state index contributed by atoms with van der Waals surface area (Å²) in [6.07, 6.45) is 1.68. The molecule has 0 N–H and O–H groups in total. The molecule has 0 spiro atoms. The Morgan fingerprint density at radius 1 is 2.00 bits per heavy atom. The molecule has 0 aliphatic carbocycles. The lowest BCUT2D eigenvalue weighted by atomic mass is 10.6. The van der Waals surface area contributed by atoms with Gasteiger partial charge in [-0.25, -0.2) is 4.39 Å². The van der Waals surface area contributed by atoms with Gasteiger partial charge in [-0.3, -0.25) is 0 Å². The smallest absolute Gasteiger partial charge is 0.121 e. The van der Waals surface area contributed by atoms with Crippen LogP contribution in [0.2, 0.25) is 0 Å². The third kappa shape index (κ3) is 2.39. The minimum Gasteiger partial charge on any atom is -0.245 e. The van der Waals surface area contributed by atoms with Crippen molar-refractivity contribution in [3.8, 4) is 0 Å². The number of allylic oxidation sites excluding steroid dienone is 2. The molecule has 0 aliphatic rings. The van der Waals surface area contributed by atoms with Crippen molar-refractivity contribution in [2.75, 3.05) is 6.67 Å². The molecular formula is C4H6BrF. The van der Waals surface area contributed by atoms with Crippen LogP contribution in [0.25, 0.3) is 0 Å².